The van der Waals surface area contributed by atoms with Gasteiger partial charge in [-0.25, -0.2) is 9.59 Å². The number of aryl methyl sites for hydroxylation is 1. The molecular weight excluding hydrogens is 412 g/mol. The number of carboxylic acids is 2. The van der Waals surface area contributed by atoms with Crippen LogP contribution in [0.15, 0.2) is 53.0 Å². The van der Waals surface area contributed by atoms with Gasteiger partial charge in [0.2, 0.25) is 0 Å². The number of hydrogen-bond donors (Lipinski definition) is 4. The molecule has 0 aliphatic heterocycles. The molecule has 0 radical (unpaired) electrons. The fourth-order valence-electron chi connectivity index (χ4n) is 2.77. The normalized spacial score (nSPS) is 10.3. The third-order valence-electron chi connectivity index (χ3n) is 4.01. The van der Waals surface area contributed by atoms with Gasteiger partial charge in [0.05, 0.1) is 0 Å². The van der Waals surface area contributed by atoms with E-state index in [4.69, 9.17) is 25.5 Å². The fraction of sp³-hybridized carbons (Fsp3) is 0.200. The van der Waals surface area contributed by atoms with E-state index in [1.807, 2.05) is 0 Å². The number of rotatable bonds is 5. The molecule has 6 nitrogen and oxygen atoms in total. The molecule has 1 heterocycles. The number of H-pyrrole nitrogens is 1. The summed E-state index contributed by atoms with van der Waals surface area (Å²) in [6.45, 7) is 0.760. The highest BCUT2D eigenvalue weighted by Crippen LogP contribution is 2.32. The Hall–Kier alpha value is -2.64. The first-order valence-electron chi connectivity index (χ1n) is 8.45. The maximum absolute atomic E-state index is 9.10. The first-order valence-corrected chi connectivity index (χ1v) is 9.25. The molecule has 0 amide bonds. The first kappa shape index (κ1) is 20.7. The number of fused-ring (bicyclic) bond motifs is 1. The summed E-state index contributed by atoms with van der Waals surface area (Å²) in [4.78, 5) is 21.8. The Balaban J connectivity index is 0.000000380. The number of hydrogen-bond acceptors (Lipinski definition) is 3. The van der Waals surface area contributed by atoms with Crippen LogP contribution >= 0.6 is 15.9 Å². The minimum absolute atomic E-state index is 0.760. The van der Waals surface area contributed by atoms with Crippen molar-refractivity contribution in [2.45, 2.75) is 19.3 Å². The smallest absolute Gasteiger partial charge is 0.414 e. The minimum atomic E-state index is -1.82. The zero-order valence-corrected chi connectivity index (χ0v) is 16.2. The molecule has 3 rings (SSSR count). The van der Waals surface area contributed by atoms with Crippen LogP contribution in [0, 0.1) is 0 Å². The highest BCUT2D eigenvalue weighted by atomic mass is 79.9. The molecule has 0 aliphatic carbocycles. The van der Waals surface area contributed by atoms with Crippen molar-refractivity contribution in [2.24, 2.45) is 5.73 Å². The molecule has 0 fully saturated rings. The number of carboxylic acid groups (broad SMARTS) is 2. The summed E-state index contributed by atoms with van der Waals surface area (Å²) in [6.07, 6.45) is 3.26. The summed E-state index contributed by atoms with van der Waals surface area (Å²) in [5.41, 5.74) is 10.7. The van der Waals surface area contributed by atoms with Crippen molar-refractivity contribution in [3.63, 3.8) is 0 Å². The Morgan fingerprint density at radius 3 is 2.19 bits per heavy atom. The van der Waals surface area contributed by atoms with Crippen molar-refractivity contribution < 1.29 is 19.8 Å². The lowest BCUT2D eigenvalue weighted by Gasteiger charge is -2.05. The van der Waals surface area contributed by atoms with Gasteiger partial charge in [-0.1, -0.05) is 46.3 Å². The fourth-order valence-corrected chi connectivity index (χ4v) is 3.03. The summed E-state index contributed by atoms with van der Waals surface area (Å²) >= 11 is 3.50. The van der Waals surface area contributed by atoms with Gasteiger partial charge < -0.3 is 20.9 Å². The van der Waals surface area contributed by atoms with E-state index >= 15 is 0 Å². The molecule has 1 aromatic heterocycles. The lowest BCUT2D eigenvalue weighted by molar-refractivity contribution is -0.159. The molecule has 27 heavy (non-hydrogen) atoms. The first-order chi connectivity index (χ1) is 12.9. The SMILES string of the molecule is NCCCCc1c(-c2ccc(Br)cc2)[nH]c2ccccc12.O=C(O)C(=O)O. The van der Waals surface area contributed by atoms with E-state index in [2.05, 4.69) is 69.4 Å². The van der Waals surface area contributed by atoms with Crippen molar-refractivity contribution >= 4 is 38.8 Å². The Labute approximate surface area is 165 Å². The van der Waals surface area contributed by atoms with Gasteiger partial charge in [-0.15, -0.1) is 0 Å². The van der Waals surface area contributed by atoms with Crippen LogP contribution in [0.25, 0.3) is 22.2 Å². The van der Waals surface area contributed by atoms with Crippen molar-refractivity contribution in [3.8, 4) is 11.3 Å². The van der Waals surface area contributed by atoms with E-state index in [0.29, 0.717) is 0 Å². The second-order valence-electron chi connectivity index (χ2n) is 5.89. The van der Waals surface area contributed by atoms with Gasteiger partial charge in [0.1, 0.15) is 0 Å². The lowest BCUT2D eigenvalue weighted by atomic mass is 10.0. The molecule has 7 heteroatoms. The number of nitrogens with one attached hydrogen (secondary N) is 1. The largest absolute Gasteiger partial charge is 0.473 e. The highest BCUT2D eigenvalue weighted by Gasteiger charge is 2.12. The van der Waals surface area contributed by atoms with Gasteiger partial charge in [0.15, 0.2) is 0 Å². The predicted octanol–water partition coefficient (Wildman–Crippen LogP) is 4.03. The number of unbranched alkanes of at least 4 members (excludes halogenated alkanes) is 1. The van der Waals surface area contributed by atoms with E-state index < -0.39 is 11.9 Å². The number of carbonyl (C=O) groups is 2. The zero-order valence-electron chi connectivity index (χ0n) is 14.6. The van der Waals surface area contributed by atoms with Crippen LogP contribution in [0.5, 0.6) is 0 Å². The number of aromatic amines is 1. The molecule has 0 spiro atoms. The number of nitrogens with two attached hydrogens (primary N) is 1. The summed E-state index contributed by atoms with van der Waals surface area (Å²) in [6, 6.07) is 17.0. The summed E-state index contributed by atoms with van der Waals surface area (Å²) in [5, 5.41) is 16.1. The van der Waals surface area contributed by atoms with Crippen molar-refractivity contribution in [1.82, 2.24) is 4.98 Å². The molecule has 0 bridgehead atoms. The Morgan fingerprint density at radius 2 is 1.59 bits per heavy atom. The van der Waals surface area contributed by atoms with Gasteiger partial charge >= 0.3 is 11.9 Å². The zero-order chi connectivity index (χ0) is 19.8. The van der Waals surface area contributed by atoms with Crippen LogP contribution in [-0.4, -0.2) is 33.7 Å². The molecule has 142 valence electrons. The molecule has 0 unspecified atom stereocenters. The van der Waals surface area contributed by atoms with E-state index in [1.54, 1.807) is 0 Å². The quantitative estimate of drug-likeness (QED) is 0.358. The highest BCUT2D eigenvalue weighted by molar-refractivity contribution is 9.10. The minimum Gasteiger partial charge on any atom is -0.473 e. The van der Waals surface area contributed by atoms with Gasteiger partial charge in [-0.05, 0) is 55.1 Å². The van der Waals surface area contributed by atoms with Crippen LogP contribution in [0.3, 0.4) is 0 Å². The maximum atomic E-state index is 9.10. The Kier molecular flexibility index (Phi) is 7.57. The van der Waals surface area contributed by atoms with Crippen LogP contribution in [0.2, 0.25) is 0 Å². The molecule has 2 aromatic carbocycles. The van der Waals surface area contributed by atoms with Gasteiger partial charge in [-0.3, -0.25) is 0 Å². The van der Waals surface area contributed by atoms with Crippen LogP contribution < -0.4 is 5.73 Å². The van der Waals surface area contributed by atoms with Crippen LogP contribution in [-0.2, 0) is 16.0 Å². The van der Waals surface area contributed by atoms with Crippen LogP contribution in [0.1, 0.15) is 18.4 Å². The second kappa shape index (κ2) is 9.89. The summed E-state index contributed by atoms with van der Waals surface area (Å²) in [7, 11) is 0. The summed E-state index contributed by atoms with van der Waals surface area (Å²) in [5.74, 6) is -3.65. The second-order valence-corrected chi connectivity index (χ2v) is 6.80. The topological polar surface area (TPSA) is 116 Å². The maximum Gasteiger partial charge on any atom is 0.414 e. The average Bonchev–Trinajstić information content (AvgIpc) is 3.02. The van der Waals surface area contributed by atoms with Crippen molar-refractivity contribution in [3.05, 3.63) is 58.6 Å². The number of benzene rings is 2. The third-order valence-corrected chi connectivity index (χ3v) is 4.54. The molecule has 0 aliphatic rings. The number of aliphatic carboxylic acids is 2. The average molecular weight is 433 g/mol. The van der Waals surface area contributed by atoms with E-state index in [0.717, 1.165) is 30.3 Å². The number of aromatic nitrogens is 1. The van der Waals surface area contributed by atoms with E-state index in [-0.39, 0.29) is 0 Å². The van der Waals surface area contributed by atoms with Crippen molar-refractivity contribution in [2.75, 3.05) is 6.54 Å². The monoisotopic (exact) mass is 432 g/mol. The number of para-hydroxylation sites is 1. The Bertz CT molecular complexity index is 907. The van der Waals surface area contributed by atoms with Gasteiger partial charge in [-0.2, -0.15) is 0 Å². The Morgan fingerprint density at radius 1 is 0.963 bits per heavy atom. The summed E-state index contributed by atoms with van der Waals surface area (Å²) < 4.78 is 1.10. The predicted molar refractivity (Wildman–Crippen MR) is 109 cm³/mol. The number of halogens is 1. The van der Waals surface area contributed by atoms with Gasteiger partial charge in [0.25, 0.3) is 0 Å². The van der Waals surface area contributed by atoms with E-state index in [9.17, 15) is 0 Å². The third kappa shape index (κ3) is 5.67. The van der Waals surface area contributed by atoms with Crippen molar-refractivity contribution in [1.29, 1.82) is 0 Å². The van der Waals surface area contributed by atoms with Gasteiger partial charge in [0, 0.05) is 21.1 Å². The lowest BCUT2D eigenvalue weighted by Crippen LogP contribution is -2.09. The standard InChI is InChI=1S/C18H19BrN2.C2H2O4/c19-14-10-8-13(9-11-14)18-16(6-3-4-12-20)15-5-1-2-7-17(15)21-18;3-1(4)2(5)6/h1-2,5,7-11,21H,3-4,6,12,20H2;(H,3,4)(H,5,6). The van der Waals surface area contributed by atoms with E-state index in [1.165, 1.54) is 27.7 Å². The molecule has 0 atom stereocenters. The van der Waals surface area contributed by atoms with Crippen LogP contribution in [0.4, 0.5) is 0 Å². The molecule has 5 N–H and O–H groups in total. The molecule has 0 saturated carbocycles. The molecular formula is C20H21BrN2O4. The molecule has 0 saturated heterocycles. The molecule has 3 aromatic rings.